The van der Waals surface area contributed by atoms with Crippen LogP contribution >= 0.6 is 22.9 Å². The molecule has 0 saturated carbocycles. The van der Waals surface area contributed by atoms with Crippen LogP contribution < -0.4 is 14.8 Å². The lowest BCUT2D eigenvalue weighted by Gasteiger charge is -2.18. The average molecular weight is 310 g/mol. The van der Waals surface area contributed by atoms with E-state index in [-0.39, 0.29) is 6.04 Å². The molecule has 0 amide bonds. The van der Waals surface area contributed by atoms with Crippen LogP contribution in [0, 0.1) is 0 Å². The van der Waals surface area contributed by atoms with Crippen LogP contribution in [0.15, 0.2) is 24.3 Å². The smallest absolute Gasteiger partial charge is 0.142 e. The SMILES string of the molecule is COc1ccc(OC)c(NC2CCc3sc(Cl)cc32)c1. The van der Waals surface area contributed by atoms with Crippen molar-refractivity contribution in [2.75, 3.05) is 19.5 Å². The molecule has 0 bridgehead atoms. The van der Waals surface area contributed by atoms with Crippen LogP contribution in [0.4, 0.5) is 5.69 Å². The summed E-state index contributed by atoms with van der Waals surface area (Å²) in [5, 5.41) is 3.55. The van der Waals surface area contributed by atoms with E-state index in [2.05, 4.69) is 11.4 Å². The molecular formula is C15H16ClNO2S. The van der Waals surface area contributed by atoms with Crippen LogP contribution in [0.2, 0.25) is 4.34 Å². The summed E-state index contributed by atoms with van der Waals surface area (Å²) in [5.41, 5.74) is 2.26. The topological polar surface area (TPSA) is 30.5 Å². The maximum atomic E-state index is 6.10. The lowest BCUT2D eigenvalue weighted by molar-refractivity contribution is 0.404. The first-order valence-electron chi connectivity index (χ1n) is 6.48. The van der Waals surface area contributed by atoms with Gasteiger partial charge in [0.05, 0.1) is 30.3 Å². The highest BCUT2D eigenvalue weighted by Crippen LogP contribution is 2.42. The van der Waals surface area contributed by atoms with Gasteiger partial charge in [0.15, 0.2) is 0 Å². The summed E-state index contributed by atoms with van der Waals surface area (Å²) in [7, 11) is 3.34. The first-order chi connectivity index (χ1) is 9.71. The molecule has 1 aromatic carbocycles. The Labute approximate surface area is 127 Å². The van der Waals surface area contributed by atoms with Gasteiger partial charge in [-0.1, -0.05) is 11.6 Å². The molecule has 0 fully saturated rings. The lowest BCUT2D eigenvalue weighted by Crippen LogP contribution is -2.08. The van der Waals surface area contributed by atoms with E-state index in [0.717, 1.165) is 34.4 Å². The van der Waals surface area contributed by atoms with E-state index in [0.29, 0.717) is 0 Å². The number of methoxy groups -OCH3 is 2. The normalized spacial score (nSPS) is 16.9. The summed E-state index contributed by atoms with van der Waals surface area (Å²) in [4.78, 5) is 1.38. The van der Waals surface area contributed by atoms with Gasteiger partial charge < -0.3 is 14.8 Å². The third-order valence-electron chi connectivity index (χ3n) is 3.58. The monoisotopic (exact) mass is 309 g/mol. The molecule has 2 aromatic rings. The summed E-state index contributed by atoms with van der Waals surface area (Å²) in [6, 6.07) is 8.13. The Morgan fingerprint density at radius 1 is 1.25 bits per heavy atom. The number of nitrogens with one attached hydrogen (secondary N) is 1. The van der Waals surface area contributed by atoms with E-state index in [1.54, 1.807) is 25.6 Å². The summed E-state index contributed by atoms with van der Waals surface area (Å²) in [6.07, 6.45) is 2.16. The molecule has 5 heteroatoms. The predicted octanol–water partition coefficient (Wildman–Crippen LogP) is 4.52. The Kier molecular flexibility index (Phi) is 3.76. The van der Waals surface area contributed by atoms with Crippen molar-refractivity contribution in [1.82, 2.24) is 0 Å². The van der Waals surface area contributed by atoms with E-state index >= 15 is 0 Å². The number of aryl methyl sites for hydroxylation is 1. The van der Waals surface area contributed by atoms with Gasteiger partial charge in [-0.2, -0.15) is 0 Å². The Balaban J connectivity index is 1.88. The molecular weight excluding hydrogens is 294 g/mol. The molecule has 1 N–H and O–H groups in total. The van der Waals surface area contributed by atoms with Crippen molar-refractivity contribution < 1.29 is 9.47 Å². The Morgan fingerprint density at radius 3 is 2.85 bits per heavy atom. The third kappa shape index (κ3) is 2.45. The van der Waals surface area contributed by atoms with Crippen molar-refractivity contribution >= 4 is 28.6 Å². The number of anilines is 1. The number of rotatable bonds is 4. The number of ether oxygens (including phenoxy) is 2. The molecule has 0 saturated heterocycles. The maximum absolute atomic E-state index is 6.10. The van der Waals surface area contributed by atoms with E-state index in [4.69, 9.17) is 21.1 Å². The van der Waals surface area contributed by atoms with Crippen molar-refractivity contribution in [2.45, 2.75) is 18.9 Å². The summed E-state index contributed by atoms with van der Waals surface area (Å²) in [5.74, 6) is 1.63. The fourth-order valence-corrected chi connectivity index (χ4v) is 3.95. The molecule has 0 radical (unpaired) electrons. The molecule has 3 rings (SSSR count). The highest BCUT2D eigenvalue weighted by molar-refractivity contribution is 7.16. The zero-order valence-electron chi connectivity index (χ0n) is 11.4. The van der Waals surface area contributed by atoms with Gasteiger partial charge in [0.2, 0.25) is 0 Å². The summed E-state index contributed by atoms with van der Waals surface area (Å²) >= 11 is 7.78. The van der Waals surface area contributed by atoms with E-state index in [9.17, 15) is 0 Å². The Morgan fingerprint density at radius 2 is 2.10 bits per heavy atom. The summed E-state index contributed by atoms with van der Waals surface area (Å²) in [6.45, 7) is 0. The first-order valence-corrected chi connectivity index (χ1v) is 7.67. The van der Waals surface area contributed by atoms with Crippen LogP contribution in [0.5, 0.6) is 11.5 Å². The van der Waals surface area contributed by atoms with Crippen molar-refractivity contribution in [3.63, 3.8) is 0 Å². The largest absolute Gasteiger partial charge is 0.497 e. The number of hydrogen-bond acceptors (Lipinski definition) is 4. The molecule has 1 atom stereocenters. The molecule has 1 aliphatic carbocycles. The minimum Gasteiger partial charge on any atom is -0.497 e. The van der Waals surface area contributed by atoms with Crippen LogP contribution in [0.25, 0.3) is 0 Å². The Hall–Kier alpha value is -1.39. The summed E-state index contributed by atoms with van der Waals surface area (Å²) < 4.78 is 11.5. The molecule has 3 nitrogen and oxygen atoms in total. The number of benzene rings is 1. The van der Waals surface area contributed by atoms with Gasteiger partial charge in [0, 0.05) is 10.9 Å². The van der Waals surface area contributed by atoms with Crippen LogP contribution in [-0.4, -0.2) is 14.2 Å². The van der Waals surface area contributed by atoms with E-state index in [1.165, 1.54) is 10.4 Å². The van der Waals surface area contributed by atoms with Crippen molar-refractivity contribution in [3.05, 3.63) is 39.0 Å². The second kappa shape index (κ2) is 5.54. The standard InChI is InChI=1S/C15H16ClNO2S/c1-18-9-3-5-13(19-2)12(7-9)17-11-4-6-14-10(11)8-15(16)20-14/h3,5,7-8,11,17H,4,6H2,1-2H3. The van der Waals surface area contributed by atoms with Gasteiger partial charge >= 0.3 is 0 Å². The van der Waals surface area contributed by atoms with Crippen LogP contribution in [-0.2, 0) is 6.42 Å². The van der Waals surface area contributed by atoms with Crippen molar-refractivity contribution in [2.24, 2.45) is 0 Å². The molecule has 1 unspecified atom stereocenters. The first kappa shape index (κ1) is 13.6. The molecule has 1 aromatic heterocycles. The molecule has 0 aliphatic heterocycles. The molecule has 1 aliphatic rings. The number of fused-ring (bicyclic) bond motifs is 1. The van der Waals surface area contributed by atoms with Gasteiger partial charge in [0.1, 0.15) is 11.5 Å². The molecule has 106 valence electrons. The number of hydrogen-bond donors (Lipinski definition) is 1. The second-order valence-corrected chi connectivity index (χ2v) is 6.50. The van der Waals surface area contributed by atoms with Crippen molar-refractivity contribution in [1.29, 1.82) is 0 Å². The minimum absolute atomic E-state index is 0.287. The van der Waals surface area contributed by atoms with Gasteiger partial charge in [-0.3, -0.25) is 0 Å². The number of thiophene rings is 1. The highest BCUT2D eigenvalue weighted by Gasteiger charge is 2.25. The van der Waals surface area contributed by atoms with Gasteiger partial charge in [-0.25, -0.2) is 0 Å². The molecule has 1 heterocycles. The highest BCUT2D eigenvalue weighted by atomic mass is 35.5. The quantitative estimate of drug-likeness (QED) is 0.901. The van der Waals surface area contributed by atoms with E-state index in [1.807, 2.05) is 18.2 Å². The zero-order chi connectivity index (χ0) is 14.1. The lowest BCUT2D eigenvalue weighted by atomic mass is 10.1. The van der Waals surface area contributed by atoms with Crippen molar-refractivity contribution in [3.8, 4) is 11.5 Å². The molecule has 20 heavy (non-hydrogen) atoms. The number of halogens is 1. The molecule has 0 spiro atoms. The zero-order valence-corrected chi connectivity index (χ0v) is 13.0. The van der Waals surface area contributed by atoms with Gasteiger partial charge in [0.25, 0.3) is 0 Å². The van der Waals surface area contributed by atoms with Crippen LogP contribution in [0.1, 0.15) is 22.9 Å². The van der Waals surface area contributed by atoms with Gasteiger partial charge in [-0.05, 0) is 36.6 Å². The fraction of sp³-hybridized carbons (Fsp3) is 0.333. The minimum atomic E-state index is 0.287. The third-order valence-corrected chi connectivity index (χ3v) is 4.92. The maximum Gasteiger partial charge on any atom is 0.142 e. The second-order valence-electron chi connectivity index (χ2n) is 4.73. The van der Waals surface area contributed by atoms with E-state index < -0.39 is 0 Å². The predicted molar refractivity (Wildman–Crippen MR) is 83.6 cm³/mol. The Bertz CT molecular complexity index is 626. The fourth-order valence-electron chi connectivity index (χ4n) is 2.59. The van der Waals surface area contributed by atoms with Gasteiger partial charge in [-0.15, -0.1) is 11.3 Å². The van der Waals surface area contributed by atoms with Crippen LogP contribution in [0.3, 0.4) is 0 Å². The average Bonchev–Trinajstić information content (AvgIpc) is 2.99.